The zero-order chi connectivity index (χ0) is 11.9. The van der Waals surface area contributed by atoms with Gasteiger partial charge in [-0.15, -0.1) is 23.1 Å². The van der Waals surface area contributed by atoms with Gasteiger partial charge in [0, 0.05) is 28.6 Å². The van der Waals surface area contributed by atoms with E-state index in [9.17, 15) is 0 Å². The summed E-state index contributed by atoms with van der Waals surface area (Å²) in [6.07, 6.45) is 0. The van der Waals surface area contributed by atoms with E-state index < -0.39 is 0 Å². The SMILES string of the molecule is CC(NCCSc1ccccc1)c1cscn1. The first-order chi connectivity index (χ1) is 8.36. The smallest absolute Gasteiger partial charge is 0.0795 e. The molecule has 1 atom stereocenters. The molecule has 0 bridgehead atoms. The topological polar surface area (TPSA) is 24.9 Å². The summed E-state index contributed by atoms with van der Waals surface area (Å²) in [5, 5.41) is 5.58. The molecule has 1 unspecified atom stereocenters. The highest BCUT2D eigenvalue weighted by molar-refractivity contribution is 7.99. The highest BCUT2D eigenvalue weighted by atomic mass is 32.2. The third-order valence-electron chi connectivity index (χ3n) is 2.46. The number of nitrogens with one attached hydrogen (secondary N) is 1. The van der Waals surface area contributed by atoms with Gasteiger partial charge in [-0.2, -0.15) is 0 Å². The lowest BCUT2D eigenvalue weighted by Crippen LogP contribution is -2.21. The summed E-state index contributed by atoms with van der Waals surface area (Å²) in [7, 11) is 0. The zero-order valence-electron chi connectivity index (χ0n) is 9.80. The number of benzene rings is 1. The summed E-state index contributed by atoms with van der Waals surface area (Å²) >= 11 is 3.53. The van der Waals surface area contributed by atoms with Crippen LogP contribution in [0.15, 0.2) is 46.1 Å². The van der Waals surface area contributed by atoms with Crippen molar-refractivity contribution >= 4 is 23.1 Å². The number of rotatable bonds is 6. The molecule has 1 heterocycles. The van der Waals surface area contributed by atoms with Gasteiger partial charge < -0.3 is 5.32 Å². The monoisotopic (exact) mass is 264 g/mol. The maximum absolute atomic E-state index is 4.30. The van der Waals surface area contributed by atoms with Gasteiger partial charge in [0.1, 0.15) is 0 Å². The maximum Gasteiger partial charge on any atom is 0.0795 e. The first kappa shape index (κ1) is 12.6. The lowest BCUT2D eigenvalue weighted by molar-refractivity contribution is 0.589. The molecule has 0 aliphatic rings. The van der Waals surface area contributed by atoms with Crippen LogP contribution in [-0.4, -0.2) is 17.3 Å². The predicted molar refractivity (Wildman–Crippen MR) is 75.7 cm³/mol. The van der Waals surface area contributed by atoms with Gasteiger partial charge in [-0.3, -0.25) is 0 Å². The first-order valence-electron chi connectivity index (χ1n) is 5.65. The van der Waals surface area contributed by atoms with Crippen LogP contribution >= 0.6 is 23.1 Å². The van der Waals surface area contributed by atoms with Crippen LogP contribution in [0.2, 0.25) is 0 Å². The second-order valence-corrected chi connectivity index (χ2v) is 5.64. The van der Waals surface area contributed by atoms with Crippen molar-refractivity contribution in [2.75, 3.05) is 12.3 Å². The second-order valence-electron chi connectivity index (χ2n) is 3.75. The molecule has 0 amide bonds. The maximum atomic E-state index is 4.30. The van der Waals surface area contributed by atoms with E-state index >= 15 is 0 Å². The van der Waals surface area contributed by atoms with Gasteiger partial charge in [-0.25, -0.2) is 4.98 Å². The minimum atomic E-state index is 0.345. The van der Waals surface area contributed by atoms with Crippen molar-refractivity contribution in [2.24, 2.45) is 0 Å². The van der Waals surface area contributed by atoms with E-state index in [0.717, 1.165) is 18.0 Å². The van der Waals surface area contributed by atoms with Crippen LogP contribution < -0.4 is 5.32 Å². The molecule has 0 aliphatic heterocycles. The Balaban J connectivity index is 1.67. The summed E-state index contributed by atoms with van der Waals surface area (Å²) in [6, 6.07) is 10.8. The van der Waals surface area contributed by atoms with E-state index in [0.29, 0.717) is 6.04 Å². The molecule has 0 saturated heterocycles. The quantitative estimate of drug-likeness (QED) is 0.637. The third kappa shape index (κ3) is 4.15. The minimum Gasteiger partial charge on any atom is -0.308 e. The van der Waals surface area contributed by atoms with Crippen LogP contribution in [0.1, 0.15) is 18.7 Å². The Morgan fingerprint density at radius 2 is 2.18 bits per heavy atom. The van der Waals surface area contributed by atoms with E-state index in [1.165, 1.54) is 4.90 Å². The Hall–Kier alpha value is -0.840. The summed E-state index contributed by atoms with van der Waals surface area (Å²) < 4.78 is 0. The molecule has 90 valence electrons. The molecule has 0 fully saturated rings. The standard InChI is InChI=1S/C13H16N2S2/c1-11(13-9-16-10-15-13)14-7-8-17-12-5-3-2-4-6-12/h2-6,9-11,14H,7-8H2,1H3. The molecular formula is C13H16N2S2. The third-order valence-corrected chi connectivity index (χ3v) is 4.08. The predicted octanol–water partition coefficient (Wildman–Crippen LogP) is 3.59. The van der Waals surface area contributed by atoms with Crippen molar-refractivity contribution in [3.63, 3.8) is 0 Å². The Kier molecular flexibility index (Phi) is 5.04. The Bertz CT molecular complexity index is 414. The van der Waals surface area contributed by atoms with Gasteiger partial charge >= 0.3 is 0 Å². The highest BCUT2D eigenvalue weighted by Gasteiger charge is 2.05. The molecule has 1 aromatic carbocycles. The fraction of sp³-hybridized carbons (Fsp3) is 0.308. The number of thioether (sulfide) groups is 1. The van der Waals surface area contributed by atoms with Gasteiger partial charge in [0.25, 0.3) is 0 Å². The number of hydrogen-bond acceptors (Lipinski definition) is 4. The molecule has 2 nitrogen and oxygen atoms in total. The van der Waals surface area contributed by atoms with E-state index in [1.807, 2.05) is 23.3 Å². The molecule has 4 heteroatoms. The fourth-order valence-corrected chi connectivity index (χ4v) is 2.95. The second kappa shape index (κ2) is 6.79. The molecule has 0 spiro atoms. The van der Waals surface area contributed by atoms with E-state index in [-0.39, 0.29) is 0 Å². The molecule has 1 aromatic heterocycles. The van der Waals surface area contributed by atoms with E-state index in [1.54, 1.807) is 11.3 Å². The Labute approximate surface area is 110 Å². The largest absolute Gasteiger partial charge is 0.308 e. The summed E-state index contributed by atoms with van der Waals surface area (Å²) in [5.41, 5.74) is 3.02. The van der Waals surface area contributed by atoms with Gasteiger partial charge in [0.15, 0.2) is 0 Å². The first-order valence-corrected chi connectivity index (χ1v) is 7.58. The van der Waals surface area contributed by atoms with Crippen LogP contribution in [-0.2, 0) is 0 Å². The molecule has 2 aromatic rings. The van der Waals surface area contributed by atoms with Crippen molar-refractivity contribution in [2.45, 2.75) is 17.9 Å². The zero-order valence-corrected chi connectivity index (χ0v) is 11.4. The van der Waals surface area contributed by atoms with Crippen LogP contribution in [0.5, 0.6) is 0 Å². The average Bonchev–Trinajstić information content (AvgIpc) is 2.89. The normalized spacial score (nSPS) is 12.5. The average molecular weight is 264 g/mol. The van der Waals surface area contributed by atoms with Crippen molar-refractivity contribution in [3.8, 4) is 0 Å². The van der Waals surface area contributed by atoms with Crippen molar-refractivity contribution in [1.82, 2.24) is 10.3 Å². The van der Waals surface area contributed by atoms with Gasteiger partial charge in [0.2, 0.25) is 0 Å². The molecule has 1 N–H and O–H groups in total. The lowest BCUT2D eigenvalue weighted by atomic mass is 10.3. The Morgan fingerprint density at radius 3 is 2.88 bits per heavy atom. The minimum absolute atomic E-state index is 0.345. The molecular weight excluding hydrogens is 248 g/mol. The van der Waals surface area contributed by atoms with Gasteiger partial charge in [0.05, 0.1) is 11.2 Å². The van der Waals surface area contributed by atoms with Crippen LogP contribution in [0.4, 0.5) is 0 Å². The summed E-state index contributed by atoms with van der Waals surface area (Å²) in [4.78, 5) is 5.63. The van der Waals surface area contributed by atoms with Crippen molar-refractivity contribution in [1.29, 1.82) is 0 Å². The highest BCUT2D eigenvalue weighted by Crippen LogP contribution is 2.17. The fourth-order valence-electron chi connectivity index (χ4n) is 1.50. The van der Waals surface area contributed by atoms with Crippen molar-refractivity contribution in [3.05, 3.63) is 46.9 Å². The Morgan fingerprint density at radius 1 is 1.35 bits per heavy atom. The molecule has 17 heavy (non-hydrogen) atoms. The molecule has 2 rings (SSSR count). The van der Waals surface area contributed by atoms with Gasteiger partial charge in [-0.1, -0.05) is 18.2 Å². The van der Waals surface area contributed by atoms with E-state index in [4.69, 9.17) is 0 Å². The number of hydrogen-bond donors (Lipinski definition) is 1. The molecule has 0 radical (unpaired) electrons. The van der Waals surface area contributed by atoms with Crippen molar-refractivity contribution < 1.29 is 0 Å². The van der Waals surface area contributed by atoms with E-state index in [2.05, 4.69) is 46.9 Å². The van der Waals surface area contributed by atoms with Gasteiger partial charge in [-0.05, 0) is 19.1 Å². The van der Waals surface area contributed by atoms with Crippen LogP contribution in [0, 0.1) is 0 Å². The summed E-state index contributed by atoms with van der Waals surface area (Å²) in [5.74, 6) is 1.08. The van der Waals surface area contributed by atoms with Crippen LogP contribution in [0.25, 0.3) is 0 Å². The molecule has 0 saturated carbocycles. The number of aromatic nitrogens is 1. The summed E-state index contributed by atoms with van der Waals surface area (Å²) in [6.45, 7) is 3.15. The molecule has 0 aliphatic carbocycles. The number of thiazole rings is 1. The van der Waals surface area contributed by atoms with Crippen LogP contribution in [0.3, 0.4) is 0 Å². The lowest BCUT2D eigenvalue weighted by Gasteiger charge is -2.10. The number of nitrogens with zero attached hydrogens (tertiary/aromatic N) is 1.